The number of anilines is 1. The molecule has 0 amide bonds. The lowest BCUT2D eigenvalue weighted by molar-refractivity contribution is 0.198. The van der Waals surface area contributed by atoms with Crippen molar-refractivity contribution in [1.29, 1.82) is 0 Å². The number of aromatic nitrogens is 1. The van der Waals surface area contributed by atoms with Gasteiger partial charge in [-0.2, -0.15) is 0 Å². The van der Waals surface area contributed by atoms with Crippen LogP contribution in [0.3, 0.4) is 0 Å². The van der Waals surface area contributed by atoms with E-state index in [1.54, 1.807) is 0 Å². The number of hydrogen-bond acceptors (Lipinski definition) is 3. The van der Waals surface area contributed by atoms with Crippen LogP contribution in [0.5, 0.6) is 0 Å². The van der Waals surface area contributed by atoms with Crippen molar-refractivity contribution in [3.63, 3.8) is 0 Å². The second-order valence-corrected chi connectivity index (χ2v) is 4.24. The maximum Gasteiger partial charge on any atom is 0.0731 e. The van der Waals surface area contributed by atoms with Crippen LogP contribution < -0.4 is 4.90 Å². The molecular formula is C13H14N2O. The third-order valence-electron chi connectivity index (χ3n) is 3.13. The van der Waals surface area contributed by atoms with Crippen molar-refractivity contribution in [1.82, 2.24) is 4.98 Å². The lowest BCUT2D eigenvalue weighted by Gasteiger charge is -2.19. The molecule has 1 N–H and O–H groups in total. The normalized spacial score (nSPS) is 20.6. The van der Waals surface area contributed by atoms with Crippen molar-refractivity contribution < 1.29 is 5.11 Å². The standard InChI is InChI=1S/C13H14N2O/c16-10-6-8-15(9-10)13-5-7-14-12-4-2-1-3-11(12)13/h1-5,7,10,16H,6,8-9H2/t10-/m1/s1. The predicted octanol–water partition coefficient (Wildman–Crippen LogP) is 1.81. The van der Waals surface area contributed by atoms with E-state index in [-0.39, 0.29) is 6.10 Å². The molecule has 1 aromatic carbocycles. The fourth-order valence-electron chi connectivity index (χ4n) is 2.32. The van der Waals surface area contributed by atoms with Crippen molar-refractivity contribution >= 4 is 16.6 Å². The summed E-state index contributed by atoms with van der Waals surface area (Å²) in [5.74, 6) is 0. The number of hydrogen-bond donors (Lipinski definition) is 1. The van der Waals surface area contributed by atoms with Crippen LogP contribution in [-0.4, -0.2) is 29.3 Å². The molecule has 1 saturated heterocycles. The molecule has 2 aromatic rings. The van der Waals surface area contributed by atoms with E-state index in [0.717, 1.165) is 25.0 Å². The van der Waals surface area contributed by atoms with E-state index in [0.29, 0.717) is 0 Å². The summed E-state index contributed by atoms with van der Waals surface area (Å²) in [6, 6.07) is 10.2. The molecule has 3 rings (SSSR count). The van der Waals surface area contributed by atoms with E-state index in [4.69, 9.17) is 0 Å². The number of rotatable bonds is 1. The van der Waals surface area contributed by atoms with Gasteiger partial charge in [0.15, 0.2) is 0 Å². The molecule has 2 heterocycles. The van der Waals surface area contributed by atoms with Crippen LogP contribution in [-0.2, 0) is 0 Å². The van der Waals surface area contributed by atoms with Gasteiger partial charge in [0.2, 0.25) is 0 Å². The summed E-state index contributed by atoms with van der Waals surface area (Å²) < 4.78 is 0. The molecule has 0 bridgehead atoms. The van der Waals surface area contributed by atoms with E-state index in [1.165, 1.54) is 11.1 Å². The van der Waals surface area contributed by atoms with Gasteiger partial charge in [0, 0.05) is 30.4 Å². The van der Waals surface area contributed by atoms with E-state index in [2.05, 4.69) is 16.0 Å². The highest BCUT2D eigenvalue weighted by molar-refractivity contribution is 5.91. The SMILES string of the molecule is O[C@@H]1CCN(c2ccnc3ccccc23)C1. The maximum absolute atomic E-state index is 9.58. The van der Waals surface area contributed by atoms with Gasteiger partial charge in [-0.25, -0.2) is 0 Å². The first-order chi connectivity index (χ1) is 7.84. The molecular weight excluding hydrogens is 200 g/mol. The van der Waals surface area contributed by atoms with Crippen molar-refractivity contribution in [2.75, 3.05) is 18.0 Å². The summed E-state index contributed by atoms with van der Waals surface area (Å²) in [4.78, 5) is 6.57. The smallest absolute Gasteiger partial charge is 0.0731 e. The Hall–Kier alpha value is -1.61. The number of pyridine rings is 1. The van der Waals surface area contributed by atoms with Crippen LogP contribution in [0.4, 0.5) is 5.69 Å². The topological polar surface area (TPSA) is 36.4 Å². The van der Waals surface area contributed by atoms with Gasteiger partial charge in [-0.1, -0.05) is 18.2 Å². The minimum Gasteiger partial charge on any atom is -0.391 e. The fraction of sp³-hybridized carbons (Fsp3) is 0.308. The molecule has 0 saturated carbocycles. The second-order valence-electron chi connectivity index (χ2n) is 4.24. The molecule has 0 radical (unpaired) electrons. The van der Waals surface area contributed by atoms with E-state index in [1.807, 2.05) is 30.5 Å². The summed E-state index contributed by atoms with van der Waals surface area (Å²) in [7, 11) is 0. The summed E-state index contributed by atoms with van der Waals surface area (Å²) in [5.41, 5.74) is 2.20. The zero-order chi connectivity index (χ0) is 11.0. The average molecular weight is 214 g/mol. The molecule has 16 heavy (non-hydrogen) atoms. The zero-order valence-electron chi connectivity index (χ0n) is 9.00. The fourth-order valence-corrected chi connectivity index (χ4v) is 2.32. The molecule has 3 nitrogen and oxygen atoms in total. The molecule has 1 atom stereocenters. The highest BCUT2D eigenvalue weighted by atomic mass is 16.3. The highest BCUT2D eigenvalue weighted by Gasteiger charge is 2.21. The van der Waals surface area contributed by atoms with Crippen molar-refractivity contribution in [2.45, 2.75) is 12.5 Å². The lowest BCUT2D eigenvalue weighted by atomic mass is 10.2. The first-order valence-corrected chi connectivity index (χ1v) is 5.61. The van der Waals surface area contributed by atoms with Crippen molar-refractivity contribution in [3.8, 4) is 0 Å². The molecule has 82 valence electrons. The molecule has 0 unspecified atom stereocenters. The Balaban J connectivity index is 2.09. The Bertz CT molecular complexity index is 507. The first-order valence-electron chi connectivity index (χ1n) is 5.61. The molecule has 1 fully saturated rings. The Morgan fingerprint density at radius 2 is 2.12 bits per heavy atom. The van der Waals surface area contributed by atoms with Crippen molar-refractivity contribution in [2.24, 2.45) is 0 Å². The monoisotopic (exact) mass is 214 g/mol. The van der Waals surface area contributed by atoms with Crippen molar-refractivity contribution in [3.05, 3.63) is 36.5 Å². The summed E-state index contributed by atoms with van der Waals surface area (Å²) in [5, 5.41) is 10.7. The molecule has 1 aliphatic rings. The second kappa shape index (κ2) is 3.76. The van der Waals surface area contributed by atoms with Crippen LogP contribution in [0.25, 0.3) is 10.9 Å². The quantitative estimate of drug-likeness (QED) is 0.786. The van der Waals surface area contributed by atoms with Gasteiger partial charge in [-0.05, 0) is 18.6 Å². The molecule has 1 aromatic heterocycles. The van der Waals surface area contributed by atoms with Gasteiger partial charge in [-0.3, -0.25) is 4.98 Å². The highest BCUT2D eigenvalue weighted by Crippen LogP contribution is 2.27. The number of fused-ring (bicyclic) bond motifs is 1. The van der Waals surface area contributed by atoms with Gasteiger partial charge in [0.1, 0.15) is 0 Å². The summed E-state index contributed by atoms with van der Waals surface area (Å²) >= 11 is 0. The van der Waals surface area contributed by atoms with Crippen LogP contribution in [0.2, 0.25) is 0 Å². The lowest BCUT2D eigenvalue weighted by Crippen LogP contribution is -2.21. The summed E-state index contributed by atoms with van der Waals surface area (Å²) in [6.07, 6.45) is 2.51. The minimum atomic E-state index is -0.188. The number of aliphatic hydroxyl groups is 1. The Morgan fingerprint density at radius 3 is 2.94 bits per heavy atom. The van der Waals surface area contributed by atoms with E-state index < -0.39 is 0 Å². The third-order valence-corrected chi connectivity index (χ3v) is 3.13. The minimum absolute atomic E-state index is 0.188. The third kappa shape index (κ3) is 1.53. The molecule has 0 aliphatic carbocycles. The molecule has 1 aliphatic heterocycles. The van der Waals surface area contributed by atoms with Crippen LogP contribution in [0.1, 0.15) is 6.42 Å². The maximum atomic E-state index is 9.58. The Labute approximate surface area is 94.3 Å². The zero-order valence-corrected chi connectivity index (χ0v) is 9.00. The largest absolute Gasteiger partial charge is 0.391 e. The van der Waals surface area contributed by atoms with Gasteiger partial charge in [0.05, 0.1) is 11.6 Å². The Morgan fingerprint density at radius 1 is 1.25 bits per heavy atom. The average Bonchev–Trinajstić information content (AvgIpc) is 2.75. The summed E-state index contributed by atoms with van der Waals surface area (Å²) in [6.45, 7) is 1.66. The van der Waals surface area contributed by atoms with Gasteiger partial charge in [0.25, 0.3) is 0 Å². The van der Waals surface area contributed by atoms with Crippen LogP contribution in [0, 0.1) is 0 Å². The number of aliphatic hydroxyl groups excluding tert-OH is 1. The van der Waals surface area contributed by atoms with Gasteiger partial charge < -0.3 is 10.0 Å². The van der Waals surface area contributed by atoms with Gasteiger partial charge >= 0.3 is 0 Å². The van der Waals surface area contributed by atoms with Gasteiger partial charge in [-0.15, -0.1) is 0 Å². The molecule has 3 heteroatoms. The first kappa shape index (κ1) is 9.60. The number of benzene rings is 1. The number of β-amino-alcohol motifs (C(OH)–C–C–N with tert-alkyl or cyclic N) is 1. The molecule has 0 spiro atoms. The Kier molecular flexibility index (Phi) is 2.26. The van der Waals surface area contributed by atoms with E-state index in [9.17, 15) is 5.11 Å². The van der Waals surface area contributed by atoms with Crippen LogP contribution in [0.15, 0.2) is 36.5 Å². The predicted molar refractivity (Wildman–Crippen MR) is 64.6 cm³/mol. The number of para-hydroxylation sites is 1. The van der Waals surface area contributed by atoms with E-state index >= 15 is 0 Å². The number of nitrogens with zero attached hydrogens (tertiary/aromatic N) is 2. The van der Waals surface area contributed by atoms with Crippen LogP contribution >= 0.6 is 0 Å².